The molecule has 3 nitrogen and oxygen atoms in total. The van der Waals surface area contributed by atoms with Crippen LogP contribution in [0.15, 0.2) is 30.3 Å². The van der Waals surface area contributed by atoms with Gasteiger partial charge in [0.15, 0.2) is 6.30 Å². The molecule has 1 saturated heterocycles. The third-order valence-corrected chi connectivity index (χ3v) is 4.29. The summed E-state index contributed by atoms with van der Waals surface area (Å²) >= 11 is 0. The summed E-state index contributed by atoms with van der Waals surface area (Å²) in [7, 11) is 0. The van der Waals surface area contributed by atoms with Crippen LogP contribution in [-0.4, -0.2) is 18.0 Å². The van der Waals surface area contributed by atoms with E-state index in [9.17, 15) is 9.18 Å². The summed E-state index contributed by atoms with van der Waals surface area (Å²) in [4.78, 5) is 12.0. The van der Waals surface area contributed by atoms with Crippen LogP contribution in [-0.2, 0) is 4.79 Å². The molecule has 1 aliphatic carbocycles. The first kappa shape index (κ1) is 12.6. The number of carbonyl (C=O) groups excluding carboxylic acids is 1. The molecule has 2 aliphatic rings. The highest BCUT2D eigenvalue weighted by Gasteiger charge is 2.40. The first-order chi connectivity index (χ1) is 9.24. The topological polar surface area (TPSA) is 41.1 Å². The van der Waals surface area contributed by atoms with E-state index >= 15 is 0 Å². The molecular formula is C15H19FN2O. The van der Waals surface area contributed by atoms with E-state index in [0.717, 1.165) is 12.8 Å². The average molecular weight is 262 g/mol. The Bertz CT molecular complexity index is 439. The quantitative estimate of drug-likeness (QED) is 0.821. The predicted octanol–water partition coefficient (Wildman–Crippen LogP) is 2.30. The Hall–Kier alpha value is -1.42. The van der Waals surface area contributed by atoms with Gasteiger partial charge in [-0.15, -0.1) is 0 Å². The number of nitrogens with one attached hydrogen (secondary N) is 2. The molecule has 102 valence electrons. The van der Waals surface area contributed by atoms with E-state index in [1.807, 2.05) is 6.07 Å². The molecule has 0 aromatic heterocycles. The van der Waals surface area contributed by atoms with Gasteiger partial charge in [0.05, 0.1) is 6.04 Å². The van der Waals surface area contributed by atoms with E-state index in [-0.39, 0.29) is 11.9 Å². The smallest absolute Gasteiger partial charge is 0.239 e. The van der Waals surface area contributed by atoms with Crippen molar-refractivity contribution in [2.45, 2.75) is 44.1 Å². The Morgan fingerprint density at radius 1 is 1.32 bits per heavy atom. The van der Waals surface area contributed by atoms with Crippen molar-refractivity contribution in [1.29, 1.82) is 0 Å². The van der Waals surface area contributed by atoms with Crippen molar-refractivity contribution in [3.8, 4) is 0 Å². The van der Waals surface area contributed by atoms with Gasteiger partial charge in [-0.2, -0.15) is 0 Å². The molecule has 4 atom stereocenters. The number of alkyl halides is 1. The van der Waals surface area contributed by atoms with Gasteiger partial charge < -0.3 is 10.6 Å². The first-order valence-electron chi connectivity index (χ1n) is 6.99. The van der Waals surface area contributed by atoms with E-state index in [1.54, 1.807) is 24.3 Å². The Morgan fingerprint density at radius 3 is 2.84 bits per heavy atom. The molecule has 2 fully saturated rings. The van der Waals surface area contributed by atoms with Crippen LogP contribution in [0.4, 0.5) is 4.39 Å². The van der Waals surface area contributed by atoms with Gasteiger partial charge in [0, 0.05) is 11.6 Å². The van der Waals surface area contributed by atoms with Crippen LogP contribution in [0.3, 0.4) is 0 Å². The largest absolute Gasteiger partial charge is 0.321 e. The normalized spacial score (nSPS) is 30.9. The van der Waals surface area contributed by atoms with E-state index in [1.165, 1.54) is 12.8 Å². The maximum Gasteiger partial charge on any atom is 0.239 e. The number of carbonyl (C=O) groups is 1. The van der Waals surface area contributed by atoms with Gasteiger partial charge in [-0.3, -0.25) is 4.79 Å². The molecule has 1 heterocycles. The summed E-state index contributed by atoms with van der Waals surface area (Å²) in [5.41, 5.74) is 0.494. The fourth-order valence-corrected chi connectivity index (χ4v) is 3.28. The second-order valence-corrected chi connectivity index (χ2v) is 5.53. The minimum Gasteiger partial charge on any atom is -0.321 e. The molecule has 3 rings (SSSR count). The molecule has 1 saturated carbocycles. The van der Waals surface area contributed by atoms with Crippen LogP contribution >= 0.6 is 0 Å². The summed E-state index contributed by atoms with van der Waals surface area (Å²) in [6.45, 7) is 0. The standard InChI is InChI=1S/C15H19FN2O/c16-14(10-5-2-1-3-6-10)18-15(19)13-9-11-7-4-8-12(11)17-13/h1-3,5-6,11-14,17H,4,7-9H2,(H,18,19). The number of amides is 1. The Balaban J connectivity index is 1.57. The van der Waals surface area contributed by atoms with Gasteiger partial charge in [-0.25, -0.2) is 4.39 Å². The number of benzene rings is 1. The predicted molar refractivity (Wildman–Crippen MR) is 71.1 cm³/mol. The van der Waals surface area contributed by atoms with E-state index in [2.05, 4.69) is 10.6 Å². The lowest BCUT2D eigenvalue weighted by Crippen LogP contribution is -2.43. The third-order valence-electron chi connectivity index (χ3n) is 4.29. The molecule has 0 radical (unpaired) electrons. The molecule has 1 aromatic carbocycles. The highest BCUT2D eigenvalue weighted by Crippen LogP contribution is 2.34. The van der Waals surface area contributed by atoms with E-state index in [4.69, 9.17) is 0 Å². The number of halogens is 1. The van der Waals surface area contributed by atoms with Crippen molar-refractivity contribution in [2.75, 3.05) is 0 Å². The monoisotopic (exact) mass is 262 g/mol. The Morgan fingerprint density at radius 2 is 2.11 bits per heavy atom. The van der Waals surface area contributed by atoms with Crippen LogP contribution in [0.25, 0.3) is 0 Å². The molecular weight excluding hydrogens is 243 g/mol. The summed E-state index contributed by atoms with van der Waals surface area (Å²) in [5.74, 6) is 0.385. The third kappa shape index (κ3) is 2.63. The van der Waals surface area contributed by atoms with Crippen LogP contribution in [0.5, 0.6) is 0 Å². The highest BCUT2D eigenvalue weighted by atomic mass is 19.1. The lowest BCUT2D eigenvalue weighted by molar-refractivity contribution is -0.124. The molecule has 1 amide bonds. The van der Waals surface area contributed by atoms with Crippen LogP contribution in [0.2, 0.25) is 0 Å². The van der Waals surface area contributed by atoms with Crippen molar-refractivity contribution in [3.05, 3.63) is 35.9 Å². The zero-order chi connectivity index (χ0) is 13.2. The summed E-state index contributed by atoms with van der Waals surface area (Å²) in [5, 5.41) is 5.79. The Kier molecular flexibility index (Phi) is 3.51. The minimum atomic E-state index is -1.42. The number of fused-ring (bicyclic) bond motifs is 1. The Labute approximate surface area is 112 Å². The second-order valence-electron chi connectivity index (χ2n) is 5.53. The lowest BCUT2D eigenvalue weighted by atomic mass is 10.0. The molecule has 4 heteroatoms. The molecule has 4 unspecified atom stereocenters. The lowest BCUT2D eigenvalue weighted by Gasteiger charge is -2.16. The second kappa shape index (κ2) is 5.29. The molecule has 0 spiro atoms. The molecule has 2 N–H and O–H groups in total. The maximum absolute atomic E-state index is 14.0. The van der Waals surface area contributed by atoms with Crippen LogP contribution in [0, 0.1) is 5.92 Å². The highest BCUT2D eigenvalue weighted by molar-refractivity contribution is 5.82. The zero-order valence-electron chi connectivity index (χ0n) is 10.8. The number of hydrogen-bond donors (Lipinski definition) is 2. The average Bonchev–Trinajstić information content (AvgIpc) is 3.00. The van der Waals surface area contributed by atoms with Crippen molar-refractivity contribution in [2.24, 2.45) is 5.92 Å². The first-order valence-corrected chi connectivity index (χ1v) is 6.99. The summed E-state index contributed by atoms with van der Waals surface area (Å²) < 4.78 is 14.0. The molecule has 0 bridgehead atoms. The molecule has 19 heavy (non-hydrogen) atoms. The van der Waals surface area contributed by atoms with Gasteiger partial charge in [-0.05, 0) is 25.2 Å². The van der Waals surface area contributed by atoms with Crippen LogP contribution in [0.1, 0.15) is 37.5 Å². The van der Waals surface area contributed by atoms with Gasteiger partial charge in [0.1, 0.15) is 0 Å². The minimum absolute atomic E-state index is 0.217. The van der Waals surface area contributed by atoms with Crippen molar-refractivity contribution >= 4 is 5.91 Å². The maximum atomic E-state index is 14.0. The zero-order valence-corrected chi connectivity index (χ0v) is 10.8. The van der Waals surface area contributed by atoms with Crippen molar-refractivity contribution < 1.29 is 9.18 Å². The summed E-state index contributed by atoms with van der Waals surface area (Å²) in [6.07, 6.45) is 3.01. The summed E-state index contributed by atoms with van der Waals surface area (Å²) in [6, 6.07) is 8.97. The van der Waals surface area contributed by atoms with E-state index < -0.39 is 6.30 Å². The van der Waals surface area contributed by atoms with E-state index in [0.29, 0.717) is 17.5 Å². The molecule has 1 aromatic rings. The fraction of sp³-hybridized carbons (Fsp3) is 0.533. The SMILES string of the molecule is O=C(NC(F)c1ccccc1)C1CC2CCCC2N1. The van der Waals surface area contributed by atoms with Gasteiger partial charge in [0.25, 0.3) is 0 Å². The van der Waals surface area contributed by atoms with Gasteiger partial charge in [0.2, 0.25) is 5.91 Å². The van der Waals surface area contributed by atoms with Crippen molar-refractivity contribution in [3.63, 3.8) is 0 Å². The fourth-order valence-electron chi connectivity index (χ4n) is 3.28. The van der Waals surface area contributed by atoms with Crippen LogP contribution < -0.4 is 10.6 Å². The number of rotatable bonds is 3. The molecule has 1 aliphatic heterocycles. The number of hydrogen-bond acceptors (Lipinski definition) is 2. The van der Waals surface area contributed by atoms with Gasteiger partial charge in [-0.1, -0.05) is 36.8 Å². The van der Waals surface area contributed by atoms with Gasteiger partial charge >= 0.3 is 0 Å². The van der Waals surface area contributed by atoms with Crippen molar-refractivity contribution in [1.82, 2.24) is 10.6 Å².